The van der Waals surface area contributed by atoms with Crippen molar-refractivity contribution in [3.63, 3.8) is 0 Å². The van der Waals surface area contributed by atoms with Crippen molar-refractivity contribution in [2.45, 2.75) is 25.7 Å². The van der Waals surface area contributed by atoms with Gasteiger partial charge in [0.2, 0.25) is 0 Å². The first kappa shape index (κ1) is 18.0. The number of rotatable bonds is 7. The van der Waals surface area contributed by atoms with Crippen molar-refractivity contribution < 1.29 is 9.53 Å². The van der Waals surface area contributed by atoms with E-state index in [2.05, 4.69) is 17.0 Å². The zero-order valence-corrected chi connectivity index (χ0v) is 14.1. The lowest BCUT2D eigenvalue weighted by molar-refractivity contribution is 0.0832. The van der Waals surface area contributed by atoms with Gasteiger partial charge in [-0.05, 0) is 56.6 Å². The molecule has 1 aromatic carbocycles. The molecule has 1 saturated heterocycles. The van der Waals surface area contributed by atoms with E-state index >= 15 is 0 Å². The number of nitriles is 2. The van der Waals surface area contributed by atoms with Crippen LogP contribution in [0.3, 0.4) is 0 Å². The molecule has 0 N–H and O–H groups in total. The number of hydrogen-bond acceptors (Lipinski definition) is 5. The Morgan fingerprint density at radius 3 is 2.50 bits per heavy atom. The molecule has 1 atom stereocenters. The number of carbonyl (C=O) groups is 1. The summed E-state index contributed by atoms with van der Waals surface area (Å²) < 4.78 is 5.12. The number of nitrogens with zero attached hydrogens (tertiary/aromatic N) is 3. The quantitative estimate of drug-likeness (QED) is 0.720. The van der Waals surface area contributed by atoms with Gasteiger partial charge in [0.1, 0.15) is 5.75 Å². The Labute approximate surface area is 143 Å². The van der Waals surface area contributed by atoms with Gasteiger partial charge < -0.3 is 9.64 Å². The molecule has 1 fully saturated rings. The Morgan fingerprint density at radius 1 is 1.29 bits per heavy atom. The van der Waals surface area contributed by atoms with Crippen LogP contribution in [0.1, 0.15) is 36.0 Å². The van der Waals surface area contributed by atoms with E-state index in [-0.39, 0.29) is 17.6 Å². The van der Waals surface area contributed by atoms with Crippen LogP contribution in [-0.2, 0) is 0 Å². The Hall–Kier alpha value is -2.37. The molecule has 5 nitrogen and oxygen atoms in total. The maximum absolute atomic E-state index is 12.6. The van der Waals surface area contributed by atoms with Gasteiger partial charge in [0.25, 0.3) is 0 Å². The van der Waals surface area contributed by atoms with Gasteiger partial charge in [0.05, 0.1) is 25.2 Å². The molecule has 126 valence electrons. The van der Waals surface area contributed by atoms with E-state index in [0.29, 0.717) is 19.4 Å². The van der Waals surface area contributed by atoms with E-state index in [1.165, 1.54) is 0 Å². The molecule has 5 heteroatoms. The summed E-state index contributed by atoms with van der Waals surface area (Å²) in [6.07, 6.45) is 2.69. The van der Waals surface area contributed by atoms with E-state index in [1.807, 2.05) is 24.3 Å². The predicted molar refractivity (Wildman–Crippen MR) is 90.4 cm³/mol. The predicted octanol–water partition coefficient (Wildman–Crippen LogP) is 3.03. The fraction of sp³-hybridized carbons (Fsp3) is 0.526. The molecule has 24 heavy (non-hydrogen) atoms. The monoisotopic (exact) mass is 325 g/mol. The number of ketones is 1. The molecular weight excluding hydrogens is 302 g/mol. The van der Waals surface area contributed by atoms with E-state index in [0.717, 1.165) is 37.2 Å². The number of piperidine rings is 1. The van der Waals surface area contributed by atoms with Crippen LogP contribution in [0, 0.1) is 34.5 Å². The largest absolute Gasteiger partial charge is 0.497 e. The Balaban J connectivity index is 1.84. The third-order valence-electron chi connectivity index (χ3n) is 4.60. The summed E-state index contributed by atoms with van der Waals surface area (Å²) in [6, 6.07) is 11.6. The summed E-state index contributed by atoms with van der Waals surface area (Å²) in [7, 11) is 1.61. The van der Waals surface area contributed by atoms with Crippen LogP contribution in [0.15, 0.2) is 24.3 Å². The molecule has 1 aliphatic heterocycles. The van der Waals surface area contributed by atoms with Crippen LogP contribution in [0.2, 0.25) is 0 Å². The topological polar surface area (TPSA) is 77.1 Å². The van der Waals surface area contributed by atoms with Gasteiger partial charge in [-0.15, -0.1) is 0 Å². The second-order valence-electron chi connectivity index (χ2n) is 6.19. The maximum atomic E-state index is 12.6. The smallest absolute Gasteiger partial charge is 0.166 e. The van der Waals surface area contributed by atoms with Crippen molar-refractivity contribution in [1.29, 1.82) is 10.5 Å². The molecule has 1 heterocycles. The molecule has 0 aromatic heterocycles. The number of methoxy groups -OCH3 is 1. The number of likely N-dealkylation sites (tertiary alicyclic amines) is 1. The molecule has 0 saturated carbocycles. The van der Waals surface area contributed by atoms with Gasteiger partial charge in [-0.2, -0.15) is 10.5 Å². The fourth-order valence-corrected chi connectivity index (χ4v) is 3.12. The van der Waals surface area contributed by atoms with Crippen LogP contribution in [0.25, 0.3) is 0 Å². The number of ether oxygens (including phenoxy) is 1. The molecule has 1 aromatic rings. The summed E-state index contributed by atoms with van der Waals surface area (Å²) >= 11 is 0. The fourth-order valence-electron chi connectivity index (χ4n) is 3.12. The van der Waals surface area contributed by atoms with E-state index in [9.17, 15) is 4.79 Å². The minimum Gasteiger partial charge on any atom is -0.497 e. The van der Waals surface area contributed by atoms with Crippen molar-refractivity contribution in [2.24, 2.45) is 11.8 Å². The van der Waals surface area contributed by atoms with Crippen LogP contribution < -0.4 is 4.74 Å². The lowest BCUT2D eigenvalue weighted by atomic mass is 9.88. The van der Waals surface area contributed by atoms with Gasteiger partial charge in [-0.1, -0.05) is 0 Å². The summed E-state index contributed by atoms with van der Waals surface area (Å²) in [6.45, 7) is 2.36. The second kappa shape index (κ2) is 9.05. The van der Waals surface area contributed by atoms with Gasteiger partial charge in [0, 0.05) is 24.4 Å². The van der Waals surface area contributed by atoms with E-state index < -0.39 is 0 Å². The molecule has 1 aliphatic rings. The number of Topliss-reactive ketones (excluding diaryl/α,β-unsaturated/α-hetero) is 1. The van der Waals surface area contributed by atoms with Gasteiger partial charge in [0.15, 0.2) is 5.78 Å². The van der Waals surface area contributed by atoms with Crippen LogP contribution in [-0.4, -0.2) is 37.4 Å². The summed E-state index contributed by atoms with van der Waals surface area (Å²) in [5.41, 5.74) is 0.734. The van der Waals surface area contributed by atoms with Gasteiger partial charge >= 0.3 is 0 Å². The highest BCUT2D eigenvalue weighted by Crippen LogP contribution is 2.24. The number of hydrogen-bond donors (Lipinski definition) is 0. The maximum Gasteiger partial charge on any atom is 0.166 e. The summed E-state index contributed by atoms with van der Waals surface area (Å²) in [5, 5.41) is 17.8. The standard InChI is InChI=1S/C19H23N3O2/c1-24-18-6-4-16(5-7-18)19(23)17-8-11-22(12-9-17)14-15(13-21)3-2-10-20/h4-7,15,17H,2-3,8-9,11-12,14H2,1H3/t15-/m1/s1. The minimum absolute atomic E-state index is 0.0503. The molecule has 0 aliphatic carbocycles. The summed E-state index contributed by atoms with van der Waals surface area (Å²) in [5.74, 6) is 0.896. The summed E-state index contributed by atoms with van der Waals surface area (Å²) in [4.78, 5) is 14.8. The van der Waals surface area contributed by atoms with Crippen molar-refractivity contribution >= 4 is 5.78 Å². The van der Waals surface area contributed by atoms with Crippen molar-refractivity contribution in [1.82, 2.24) is 4.90 Å². The van der Waals surface area contributed by atoms with Crippen molar-refractivity contribution in [3.8, 4) is 17.9 Å². The van der Waals surface area contributed by atoms with Crippen LogP contribution in [0.5, 0.6) is 5.75 Å². The number of benzene rings is 1. The van der Waals surface area contributed by atoms with E-state index in [4.69, 9.17) is 15.3 Å². The Morgan fingerprint density at radius 2 is 1.96 bits per heavy atom. The first-order valence-electron chi connectivity index (χ1n) is 8.35. The zero-order chi connectivity index (χ0) is 17.4. The highest BCUT2D eigenvalue weighted by Gasteiger charge is 2.26. The lowest BCUT2D eigenvalue weighted by Gasteiger charge is -2.32. The molecule has 2 rings (SSSR count). The van der Waals surface area contributed by atoms with Gasteiger partial charge in [-0.25, -0.2) is 0 Å². The van der Waals surface area contributed by atoms with Crippen molar-refractivity contribution in [2.75, 3.05) is 26.7 Å². The lowest BCUT2D eigenvalue weighted by Crippen LogP contribution is -2.38. The first-order valence-corrected chi connectivity index (χ1v) is 8.35. The Kier molecular flexibility index (Phi) is 6.78. The third-order valence-corrected chi connectivity index (χ3v) is 4.60. The van der Waals surface area contributed by atoms with E-state index in [1.54, 1.807) is 7.11 Å². The molecule has 0 spiro atoms. The molecule has 0 bridgehead atoms. The van der Waals surface area contributed by atoms with Crippen LogP contribution >= 0.6 is 0 Å². The first-order chi connectivity index (χ1) is 11.7. The molecule has 0 amide bonds. The van der Waals surface area contributed by atoms with Crippen molar-refractivity contribution in [3.05, 3.63) is 29.8 Å². The zero-order valence-electron chi connectivity index (χ0n) is 14.1. The highest BCUT2D eigenvalue weighted by atomic mass is 16.5. The average molecular weight is 325 g/mol. The molecule has 0 radical (unpaired) electrons. The highest BCUT2D eigenvalue weighted by molar-refractivity contribution is 5.98. The SMILES string of the molecule is COc1ccc(C(=O)C2CCN(C[C@@H](C#N)CCC#N)CC2)cc1. The number of carbonyl (C=O) groups excluding carboxylic acids is 1. The third kappa shape index (κ3) is 4.81. The molecular formula is C19H23N3O2. The average Bonchev–Trinajstić information content (AvgIpc) is 2.65. The normalized spacial score (nSPS) is 16.8. The second-order valence-corrected chi connectivity index (χ2v) is 6.19. The van der Waals surface area contributed by atoms with Gasteiger partial charge in [-0.3, -0.25) is 4.79 Å². The minimum atomic E-state index is -0.0986. The van der Waals surface area contributed by atoms with Crippen LogP contribution in [0.4, 0.5) is 0 Å². The Bertz CT molecular complexity index is 619. The molecule has 0 unspecified atom stereocenters.